The molecule has 1 unspecified atom stereocenters. The number of nitrogens with zero attached hydrogens (tertiary/aromatic N) is 2. The third kappa shape index (κ3) is 1.81. The van der Waals surface area contributed by atoms with Gasteiger partial charge in [-0.1, -0.05) is 0 Å². The van der Waals surface area contributed by atoms with Crippen molar-refractivity contribution < 1.29 is 4.79 Å². The van der Waals surface area contributed by atoms with Crippen molar-refractivity contribution in [2.24, 2.45) is 0 Å². The van der Waals surface area contributed by atoms with Crippen LogP contribution in [0.25, 0.3) is 0 Å². The number of rotatable bonds is 3. The molecule has 1 aliphatic rings. The molecule has 1 aromatic heterocycles. The number of hydrogen-bond acceptors (Lipinski definition) is 3. The third-order valence-corrected chi connectivity index (χ3v) is 2.69. The van der Waals surface area contributed by atoms with Crippen LogP contribution in [0.1, 0.15) is 50.0 Å². The maximum absolute atomic E-state index is 11.2. The summed E-state index contributed by atoms with van der Waals surface area (Å²) < 4.78 is 0. The van der Waals surface area contributed by atoms with Gasteiger partial charge in [-0.2, -0.15) is 0 Å². The largest absolute Gasteiger partial charge is 0.299 e. The molecule has 0 radical (unpaired) electrons. The average molecular weight is 190 g/mol. The summed E-state index contributed by atoms with van der Waals surface area (Å²) in [7, 11) is 0. The van der Waals surface area contributed by atoms with Crippen molar-refractivity contribution in [2.75, 3.05) is 0 Å². The SMILES string of the molecule is CC(=O)C(C)c1ccnc(C2CC2)n1. The van der Waals surface area contributed by atoms with Crippen LogP contribution in [-0.4, -0.2) is 15.8 Å². The molecule has 1 fully saturated rings. The summed E-state index contributed by atoms with van der Waals surface area (Å²) >= 11 is 0. The Morgan fingerprint density at radius 3 is 2.86 bits per heavy atom. The van der Waals surface area contributed by atoms with E-state index in [-0.39, 0.29) is 11.7 Å². The first-order valence-corrected chi connectivity index (χ1v) is 5.02. The van der Waals surface area contributed by atoms with Crippen LogP contribution in [0.3, 0.4) is 0 Å². The first-order valence-electron chi connectivity index (χ1n) is 5.02. The van der Waals surface area contributed by atoms with Crippen LogP contribution >= 0.6 is 0 Å². The minimum atomic E-state index is -0.101. The third-order valence-electron chi connectivity index (χ3n) is 2.69. The van der Waals surface area contributed by atoms with Crippen LogP contribution in [0.5, 0.6) is 0 Å². The highest BCUT2D eigenvalue weighted by Crippen LogP contribution is 2.38. The molecule has 1 heterocycles. The Bertz CT molecular complexity index is 358. The fourth-order valence-corrected chi connectivity index (χ4v) is 1.38. The minimum Gasteiger partial charge on any atom is -0.299 e. The molecule has 0 saturated heterocycles. The molecule has 3 heteroatoms. The van der Waals surface area contributed by atoms with Gasteiger partial charge in [-0.3, -0.25) is 4.79 Å². The summed E-state index contributed by atoms with van der Waals surface area (Å²) in [5.41, 5.74) is 0.856. The summed E-state index contributed by atoms with van der Waals surface area (Å²) in [6.07, 6.45) is 4.14. The lowest BCUT2D eigenvalue weighted by Crippen LogP contribution is -2.08. The van der Waals surface area contributed by atoms with Crippen LogP contribution in [0.2, 0.25) is 0 Å². The van der Waals surface area contributed by atoms with E-state index in [0.717, 1.165) is 11.5 Å². The topological polar surface area (TPSA) is 42.9 Å². The van der Waals surface area contributed by atoms with Crippen molar-refractivity contribution in [3.8, 4) is 0 Å². The molecule has 1 aromatic rings. The van der Waals surface area contributed by atoms with Gasteiger partial charge in [0.25, 0.3) is 0 Å². The molecule has 0 spiro atoms. The van der Waals surface area contributed by atoms with Gasteiger partial charge in [-0.25, -0.2) is 9.97 Å². The molecule has 0 N–H and O–H groups in total. The minimum absolute atomic E-state index is 0.101. The zero-order valence-electron chi connectivity index (χ0n) is 8.53. The van der Waals surface area contributed by atoms with Crippen LogP contribution in [-0.2, 0) is 4.79 Å². The second-order valence-electron chi connectivity index (χ2n) is 3.95. The number of ketones is 1. The summed E-state index contributed by atoms with van der Waals surface area (Å²) in [6, 6.07) is 1.83. The van der Waals surface area contributed by atoms with Crippen LogP contribution < -0.4 is 0 Å². The van der Waals surface area contributed by atoms with Crippen molar-refractivity contribution in [1.82, 2.24) is 9.97 Å². The van der Waals surface area contributed by atoms with Crippen molar-refractivity contribution in [1.29, 1.82) is 0 Å². The zero-order valence-corrected chi connectivity index (χ0v) is 8.53. The lowest BCUT2D eigenvalue weighted by molar-refractivity contribution is -0.118. The molecule has 0 aromatic carbocycles. The monoisotopic (exact) mass is 190 g/mol. The second-order valence-corrected chi connectivity index (χ2v) is 3.95. The van der Waals surface area contributed by atoms with Crippen LogP contribution in [0.4, 0.5) is 0 Å². The Morgan fingerprint density at radius 2 is 2.29 bits per heavy atom. The number of hydrogen-bond donors (Lipinski definition) is 0. The van der Waals surface area contributed by atoms with Crippen molar-refractivity contribution in [3.63, 3.8) is 0 Å². The Kier molecular flexibility index (Phi) is 2.32. The van der Waals surface area contributed by atoms with E-state index in [4.69, 9.17) is 0 Å². The molecule has 0 aliphatic heterocycles. The van der Waals surface area contributed by atoms with Gasteiger partial charge in [0, 0.05) is 12.1 Å². The second kappa shape index (κ2) is 3.48. The van der Waals surface area contributed by atoms with E-state index in [1.54, 1.807) is 13.1 Å². The summed E-state index contributed by atoms with van der Waals surface area (Å²) in [6.45, 7) is 3.49. The van der Waals surface area contributed by atoms with Gasteiger partial charge in [-0.05, 0) is 32.8 Å². The summed E-state index contributed by atoms with van der Waals surface area (Å²) in [5, 5.41) is 0. The number of aromatic nitrogens is 2. The molecule has 3 nitrogen and oxygen atoms in total. The molecule has 74 valence electrons. The van der Waals surface area contributed by atoms with Gasteiger partial charge in [0.05, 0.1) is 11.6 Å². The predicted molar refractivity (Wildman–Crippen MR) is 53.1 cm³/mol. The molecule has 1 atom stereocenters. The molecule has 1 saturated carbocycles. The molecular formula is C11H14N2O. The van der Waals surface area contributed by atoms with Gasteiger partial charge < -0.3 is 0 Å². The lowest BCUT2D eigenvalue weighted by atomic mass is 10.0. The molecule has 0 amide bonds. The zero-order chi connectivity index (χ0) is 10.1. The van der Waals surface area contributed by atoms with Gasteiger partial charge >= 0.3 is 0 Å². The number of Topliss-reactive ketones (excluding diaryl/α,β-unsaturated/α-hetero) is 1. The highest BCUT2D eigenvalue weighted by atomic mass is 16.1. The number of carbonyl (C=O) groups is 1. The van der Waals surface area contributed by atoms with Gasteiger partial charge in [0.2, 0.25) is 0 Å². The van der Waals surface area contributed by atoms with E-state index < -0.39 is 0 Å². The van der Waals surface area contributed by atoms with E-state index in [1.165, 1.54) is 12.8 Å². The lowest BCUT2D eigenvalue weighted by Gasteiger charge is -2.07. The Morgan fingerprint density at radius 1 is 1.57 bits per heavy atom. The summed E-state index contributed by atoms with van der Waals surface area (Å²) in [4.78, 5) is 19.8. The highest BCUT2D eigenvalue weighted by Gasteiger charge is 2.27. The Balaban J connectivity index is 2.25. The molecule has 14 heavy (non-hydrogen) atoms. The molecular weight excluding hydrogens is 176 g/mol. The normalized spacial score (nSPS) is 17.9. The van der Waals surface area contributed by atoms with Gasteiger partial charge in [-0.15, -0.1) is 0 Å². The fraction of sp³-hybridized carbons (Fsp3) is 0.545. The quantitative estimate of drug-likeness (QED) is 0.732. The van der Waals surface area contributed by atoms with Crippen molar-refractivity contribution >= 4 is 5.78 Å². The van der Waals surface area contributed by atoms with Gasteiger partial charge in [0.1, 0.15) is 11.6 Å². The number of carbonyl (C=O) groups excluding carboxylic acids is 1. The smallest absolute Gasteiger partial charge is 0.138 e. The molecule has 0 bridgehead atoms. The van der Waals surface area contributed by atoms with Crippen LogP contribution in [0.15, 0.2) is 12.3 Å². The van der Waals surface area contributed by atoms with E-state index in [2.05, 4.69) is 9.97 Å². The predicted octanol–water partition coefficient (Wildman–Crippen LogP) is 2.05. The van der Waals surface area contributed by atoms with E-state index in [1.807, 2.05) is 13.0 Å². The van der Waals surface area contributed by atoms with E-state index in [9.17, 15) is 4.79 Å². The van der Waals surface area contributed by atoms with Gasteiger partial charge in [0.15, 0.2) is 0 Å². The Hall–Kier alpha value is -1.25. The standard InChI is InChI=1S/C11H14N2O/c1-7(8(2)14)10-5-6-12-11(13-10)9-3-4-9/h5-7,9H,3-4H2,1-2H3. The van der Waals surface area contributed by atoms with Crippen molar-refractivity contribution in [2.45, 2.75) is 38.5 Å². The average Bonchev–Trinajstić information content (AvgIpc) is 3.00. The molecule has 1 aliphatic carbocycles. The fourth-order valence-electron chi connectivity index (χ4n) is 1.38. The maximum Gasteiger partial charge on any atom is 0.138 e. The van der Waals surface area contributed by atoms with E-state index >= 15 is 0 Å². The summed E-state index contributed by atoms with van der Waals surface area (Å²) in [5.74, 6) is 1.52. The first-order chi connectivity index (χ1) is 6.68. The first kappa shape index (κ1) is 9.31. The van der Waals surface area contributed by atoms with E-state index in [0.29, 0.717) is 5.92 Å². The maximum atomic E-state index is 11.2. The van der Waals surface area contributed by atoms with Crippen molar-refractivity contribution in [3.05, 3.63) is 23.8 Å². The highest BCUT2D eigenvalue weighted by molar-refractivity contribution is 5.82. The van der Waals surface area contributed by atoms with Crippen LogP contribution in [0, 0.1) is 0 Å². The molecule has 2 rings (SSSR count). The Labute approximate surface area is 83.6 Å².